The molecule has 1 aromatic carbocycles. The highest BCUT2D eigenvalue weighted by atomic mass is 35.5. The lowest BCUT2D eigenvalue weighted by molar-refractivity contribution is 0.217. The Morgan fingerprint density at radius 2 is 2.05 bits per heavy atom. The third kappa shape index (κ3) is 3.79. The summed E-state index contributed by atoms with van der Waals surface area (Å²) < 4.78 is 5.76. The van der Waals surface area contributed by atoms with E-state index in [4.69, 9.17) is 16.3 Å². The van der Waals surface area contributed by atoms with Gasteiger partial charge in [0.15, 0.2) is 0 Å². The van der Waals surface area contributed by atoms with Gasteiger partial charge in [-0.2, -0.15) is 0 Å². The van der Waals surface area contributed by atoms with E-state index in [1.54, 1.807) is 0 Å². The minimum Gasteiger partial charge on any atom is -0.492 e. The van der Waals surface area contributed by atoms with Gasteiger partial charge in [-0.1, -0.05) is 11.6 Å². The number of likely N-dealkylation sites (tertiary alicyclic amines) is 1. The highest BCUT2D eigenvalue weighted by Gasteiger charge is 2.39. The van der Waals surface area contributed by atoms with Crippen molar-refractivity contribution in [2.24, 2.45) is 5.41 Å². The molecule has 2 aliphatic heterocycles. The van der Waals surface area contributed by atoms with Crippen molar-refractivity contribution in [3.05, 3.63) is 29.3 Å². The summed E-state index contributed by atoms with van der Waals surface area (Å²) in [6, 6.07) is 7.58. The van der Waals surface area contributed by atoms with E-state index in [1.165, 1.54) is 39.0 Å². The maximum Gasteiger partial charge on any atom is 0.119 e. The Morgan fingerprint density at radius 1 is 1.25 bits per heavy atom. The Balaban J connectivity index is 0.00000147. The third-order valence-electron chi connectivity index (χ3n) is 4.34. The molecular formula is C15H22Cl2N2O. The van der Waals surface area contributed by atoms with Gasteiger partial charge in [0, 0.05) is 24.7 Å². The predicted molar refractivity (Wildman–Crippen MR) is 85.2 cm³/mol. The summed E-state index contributed by atoms with van der Waals surface area (Å²) in [4.78, 5) is 2.53. The molecule has 3 rings (SSSR count). The van der Waals surface area contributed by atoms with Crippen LogP contribution in [-0.2, 0) is 0 Å². The lowest BCUT2D eigenvalue weighted by atomic mass is 9.87. The molecular weight excluding hydrogens is 295 g/mol. The summed E-state index contributed by atoms with van der Waals surface area (Å²) in [5.41, 5.74) is 0.556. The number of rotatable bonds is 4. The molecule has 0 saturated carbocycles. The van der Waals surface area contributed by atoms with Gasteiger partial charge in [0.25, 0.3) is 0 Å². The maximum atomic E-state index is 5.85. The van der Waals surface area contributed by atoms with Crippen molar-refractivity contribution in [2.75, 3.05) is 39.3 Å². The largest absolute Gasteiger partial charge is 0.492 e. The van der Waals surface area contributed by atoms with Crippen LogP contribution in [0.15, 0.2) is 24.3 Å². The summed E-state index contributed by atoms with van der Waals surface area (Å²) in [5.74, 6) is 0.904. The van der Waals surface area contributed by atoms with Gasteiger partial charge in [-0.05, 0) is 55.6 Å². The second-order valence-electron chi connectivity index (χ2n) is 5.76. The molecule has 2 saturated heterocycles. The summed E-state index contributed by atoms with van der Waals surface area (Å²) >= 11 is 5.85. The molecule has 1 atom stereocenters. The van der Waals surface area contributed by atoms with Gasteiger partial charge < -0.3 is 10.1 Å². The monoisotopic (exact) mass is 316 g/mol. The van der Waals surface area contributed by atoms with Crippen LogP contribution in [0.3, 0.4) is 0 Å². The van der Waals surface area contributed by atoms with Gasteiger partial charge in [0.1, 0.15) is 12.4 Å². The summed E-state index contributed by atoms with van der Waals surface area (Å²) in [5, 5.41) is 4.24. The Labute approximate surface area is 132 Å². The van der Waals surface area contributed by atoms with Crippen LogP contribution in [0.1, 0.15) is 12.8 Å². The molecule has 20 heavy (non-hydrogen) atoms. The molecule has 112 valence electrons. The molecule has 2 fully saturated rings. The predicted octanol–water partition coefficient (Wildman–Crippen LogP) is 2.83. The van der Waals surface area contributed by atoms with E-state index in [-0.39, 0.29) is 12.4 Å². The van der Waals surface area contributed by atoms with Gasteiger partial charge in [-0.3, -0.25) is 4.90 Å². The standard InChI is InChI=1S/C15H21ClN2O.ClH/c16-13-1-3-14(4-2-13)19-10-9-18-8-6-15(12-18)5-7-17-11-15;/h1-4,17H,5-12H2;1H. The van der Waals surface area contributed by atoms with Crippen molar-refractivity contribution >= 4 is 24.0 Å². The van der Waals surface area contributed by atoms with Gasteiger partial charge in [0.2, 0.25) is 0 Å². The van der Waals surface area contributed by atoms with E-state index < -0.39 is 0 Å². The minimum atomic E-state index is 0. The number of halogens is 2. The van der Waals surface area contributed by atoms with Crippen LogP contribution in [0.25, 0.3) is 0 Å². The Hall–Kier alpha value is -0.480. The number of ether oxygens (including phenoxy) is 1. The summed E-state index contributed by atoms with van der Waals surface area (Å²) in [7, 11) is 0. The van der Waals surface area contributed by atoms with Gasteiger partial charge >= 0.3 is 0 Å². The van der Waals surface area contributed by atoms with E-state index in [9.17, 15) is 0 Å². The van der Waals surface area contributed by atoms with Crippen molar-refractivity contribution in [3.8, 4) is 5.75 Å². The second-order valence-corrected chi connectivity index (χ2v) is 6.19. The van der Waals surface area contributed by atoms with Crippen LogP contribution >= 0.6 is 24.0 Å². The summed E-state index contributed by atoms with van der Waals surface area (Å²) in [6.07, 6.45) is 2.67. The average Bonchev–Trinajstić information content (AvgIpc) is 3.03. The maximum absolute atomic E-state index is 5.85. The van der Waals surface area contributed by atoms with Crippen molar-refractivity contribution in [3.63, 3.8) is 0 Å². The number of benzene rings is 1. The second kappa shape index (κ2) is 6.99. The highest BCUT2D eigenvalue weighted by molar-refractivity contribution is 6.30. The van der Waals surface area contributed by atoms with Crippen LogP contribution in [0.4, 0.5) is 0 Å². The third-order valence-corrected chi connectivity index (χ3v) is 4.59. The molecule has 5 heteroatoms. The molecule has 2 aliphatic rings. The SMILES string of the molecule is Cl.Clc1ccc(OCCN2CCC3(CCNC3)C2)cc1. The Bertz CT molecular complexity index is 418. The van der Waals surface area contributed by atoms with Crippen molar-refractivity contribution in [1.82, 2.24) is 10.2 Å². The lowest BCUT2D eigenvalue weighted by Crippen LogP contribution is -2.31. The average molecular weight is 317 g/mol. The van der Waals surface area contributed by atoms with Crippen molar-refractivity contribution in [1.29, 1.82) is 0 Å². The molecule has 3 nitrogen and oxygen atoms in total. The fraction of sp³-hybridized carbons (Fsp3) is 0.600. The minimum absolute atomic E-state index is 0. The molecule has 0 aromatic heterocycles. The zero-order valence-corrected chi connectivity index (χ0v) is 13.2. The van der Waals surface area contributed by atoms with E-state index >= 15 is 0 Å². The number of hydrogen-bond acceptors (Lipinski definition) is 3. The molecule has 0 radical (unpaired) electrons. The smallest absolute Gasteiger partial charge is 0.119 e. The number of hydrogen-bond donors (Lipinski definition) is 1. The molecule has 0 amide bonds. The molecule has 2 heterocycles. The number of nitrogens with zero attached hydrogens (tertiary/aromatic N) is 1. The fourth-order valence-corrected chi connectivity index (χ4v) is 3.31. The first-order valence-corrected chi connectivity index (χ1v) is 7.45. The normalized spacial score (nSPS) is 25.9. The topological polar surface area (TPSA) is 24.5 Å². The zero-order valence-electron chi connectivity index (χ0n) is 11.6. The molecule has 1 unspecified atom stereocenters. The van der Waals surface area contributed by atoms with Crippen LogP contribution in [0.2, 0.25) is 5.02 Å². The fourth-order valence-electron chi connectivity index (χ4n) is 3.19. The first-order chi connectivity index (χ1) is 9.26. The molecule has 1 aromatic rings. The number of nitrogens with one attached hydrogen (secondary N) is 1. The Morgan fingerprint density at radius 3 is 2.75 bits per heavy atom. The highest BCUT2D eigenvalue weighted by Crippen LogP contribution is 2.35. The van der Waals surface area contributed by atoms with Gasteiger partial charge in [0.05, 0.1) is 0 Å². The van der Waals surface area contributed by atoms with Crippen LogP contribution in [-0.4, -0.2) is 44.2 Å². The molecule has 1 N–H and O–H groups in total. The first-order valence-electron chi connectivity index (χ1n) is 7.07. The zero-order chi connectivity index (χ0) is 13.1. The van der Waals surface area contributed by atoms with E-state index in [2.05, 4.69) is 10.2 Å². The van der Waals surface area contributed by atoms with E-state index in [0.29, 0.717) is 5.41 Å². The molecule has 0 bridgehead atoms. The first kappa shape index (κ1) is 15.9. The van der Waals surface area contributed by atoms with Crippen LogP contribution in [0, 0.1) is 5.41 Å². The van der Waals surface area contributed by atoms with Gasteiger partial charge in [-0.25, -0.2) is 0 Å². The molecule has 1 spiro atoms. The summed E-state index contributed by atoms with van der Waals surface area (Å²) in [6.45, 7) is 6.60. The van der Waals surface area contributed by atoms with Crippen LogP contribution in [0.5, 0.6) is 5.75 Å². The van der Waals surface area contributed by atoms with Crippen LogP contribution < -0.4 is 10.1 Å². The van der Waals surface area contributed by atoms with Crippen molar-refractivity contribution < 1.29 is 4.74 Å². The quantitative estimate of drug-likeness (QED) is 0.924. The Kier molecular flexibility index (Phi) is 5.56. The molecule has 0 aliphatic carbocycles. The van der Waals surface area contributed by atoms with E-state index in [0.717, 1.165) is 23.9 Å². The van der Waals surface area contributed by atoms with Crippen molar-refractivity contribution in [2.45, 2.75) is 12.8 Å². The van der Waals surface area contributed by atoms with Gasteiger partial charge in [-0.15, -0.1) is 12.4 Å². The lowest BCUT2D eigenvalue weighted by Gasteiger charge is -2.22. The van der Waals surface area contributed by atoms with E-state index in [1.807, 2.05) is 24.3 Å².